The average Bonchev–Trinajstić information content (AvgIpc) is 4.04. The Hall–Kier alpha value is -4.28. The molecule has 58 heavy (non-hydrogen) atoms. The minimum absolute atomic E-state index is 0.0311. The number of fused-ring (bicyclic) bond motifs is 3. The fourth-order valence-electron chi connectivity index (χ4n) is 7.94. The van der Waals surface area contributed by atoms with E-state index >= 15 is 0 Å². The number of para-hydroxylation sites is 1. The van der Waals surface area contributed by atoms with Gasteiger partial charge in [0.05, 0.1) is 28.5 Å². The van der Waals surface area contributed by atoms with Crippen molar-refractivity contribution in [3.63, 3.8) is 0 Å². The van der Waals surface area contributed by atoms with Gasteiger partial charge in [-0.05, 0) is 91.2 Å². The summed E-state index contributed by atoms with van der Waals surface area (Å²) in [6, 6.07) is 3.90. The predicted octanol–water partition coefficient (Wildman–Crippen LogP) is 4.93. The number of unbranched alkanes of at least 4 members (excludes halogenated alkanes) is 2. The highest BCUT2D eigenvalue weighted by molar-refractivity contribution is 7.91. The van der Waals surface area contributed by atoms with Gasteiger partial charge in [0.2, 0.25) is 28.3 Å². The van der Waals surface area contributed by atoms with Crippen LogP contribution in [0.15, 0.2) is 55.3 Å². The fourth-order valence-corrected chi connectivity index (χ4v) is 9.25. The Balaban J connectivity index is 1.36. The van der Waals surface area contributed by atoms with Crippen LogP contribution in [0.2, 0.25) is 0 Å². The van der Waals surface area contributed by atoms with E-state index in [0.29, 0.717) is 43.1 Å². The zero-order valence-corrected chi connectivity index (χ0v) is 34.0. The largest absolute Gasteiger partial charge is 0.483 e. The molecule has 1 aromatic carbocycles. The van der Waals surface area contributed by atoms with Crippen molar-refractivity contribution in [2.75, 3.05) is 6.54 Å². The van der Waals surface area contributed by atoms with E-state index in [2.05, 4.69) is 39.2 Å². The van der Waals surface area contributed by atoms with E-state index in [-0.39, 0.29) is 44.2 Å². The van der Waals surface area contributed by atoms with Crippen molar-refractivity contribution in [2.24, 2.45) is 5.92 Å². The molecule has 3 amide bonds. The standard InChI is InChI=1S/C41H52F3N5O8S/c1-7-9-10-11-12-17-29(46-36(53)57-37(3,4)5)34(51)49-24-39(19-18-27-26-15-13-14-16-28(26)45-32(31(27)56-39)41(42,43)44)23-30(49)33(50)47-40(22-25(40)8-2)35(52)48-58(54,55)38(6)20-21-38/h8-9,13-16,25,29-30,36,46,53H,1-2,10-12,17-24H2,3-6H3,(H,47,50)(H,48,52)/t25-,29+,30+,36?,39-,40-/m1/s1. The summed E-state index contributed by atoms with van der Waals surface area (Å²) < 4.78 is 83.2. The molecule has 1 aromatic heterocycles. The maximum atomic E-state index is 14.8. The summed E-state index contributed by atoms with van der Waals surface area (Å²) in [7, 11) is -4.09. The lowest BCUT2D eigenvalue weighted by Gasteiger charge is -2.37. The molecule has 3 fully saturated rings. The van der Waals surface area contributed by atoms with Crippen LogP contribution in [0.1, 0.15) is 96.7 Å². The number of rotatable bonds is 15. The van der Waals surface area contributed by atoms with Gasteiger partial charge < -0.3 is 24.8 Å². The van der Waals surface area contributed by atoms with E-state index in [1.54, 1.807) is 45.0 Å². The molecule has 3 heterocycles. The molecule has 17 heteroatoms. The normalized spacial score (nSPS) is 25.8. The second kappa shape index (κ2) is 15.7. The average molecular weight is 832 g/mol. The van der Waals surface area contributed by atoms with E-state index in [1.807, 2.05) is 0 Å². The van der Waals surface area contributed by atoms with Gasteiger partial charge in [-0.2, -0.15) is 13.2 Å². The maximum absolute atomic E-state index is 14.8. The van der Waals surface area contributed by atoms with E-state index < -0.39 is 91.3 Å². The zero-order chi connectivity index (χ0) is 42.5. The Labute approximate surface area is 336 Å². The molecule has 2 saturated carbocycles. The van der Waals surface area contributed by atoms with E-state index in [1.165, 1.54) is 24.0 Å². The Kier molecular flexibility index (Phi) is 11.7. The van der Waals surface area contributed by atoms with E-state index in [9.17, 15) is 41.1 Å². The van der Waals surface area contributed by atoms with Crippen molar-refractivity contribution < 1.29 is 50.6 Å². The Bertz CT molecular complexity index is 2130. The molecule has 316 valence electrons. The number of aliphatic hydroxyl groups is 1. The highest BCUT2D eigenvalue weighted by Crippen LogP contribution is 2.50. The third-order valence-electron chi connectivity index (χ3n) is 11.6. The Morgan fingerprint density at radius 3 is 2.48 bits per heavy atom. The summed E-state index contributed by atoms with van der Waals surface area (Å²) >= 11 is 0. The second-order valence-electron chi connectivity index (χ2n) is 17.1. The topological polar surface area (TPSA) is 176 Å². The van der Waals surface area contributed by atoms with Gasteiger partial charge in [0.25, 0.3) is 5.91 Å². The van der Waals surface area contributed by atoms with Crippen LogP contribution in [0.25, 0.3) is 10.9 Å². The number of aromatic nitrogens is 1. The van der Waals surface area contributed by atoms with Crippen molar-refractivity contribution >= 4 is 38.6 Å². The molecule has 1 spiro atoms. The van der Waals surface area contributed by atoms with Crippen LogP contribution in [0.3, 0.4) is 0 Å². The number of pyridine rings is 1. The number of halogens is 3. The number of hydrogen-bond acceptors (Lipinski definition) is 10. The number of allylic oxidation sites excluding steroid dienone is 1. The van der Waals surface area contributed by atoms with Crippen molar-refractivity contribution in [2.45, 2.75) is 138 Å². The van der Waals surface area contributed by atoms with Crippen molar-refractivity contribution in [3.05, 3.63) is 66.6 Å². The molecule has 13 nitrogen and oxygen atoms in total. The molecular weight excluding hydrogens is 780 g/mol. The maximum Gasteiger partial charge on any atom is 0.437 e. The zero-order valence-electron chi connectivity index (χ0n) is 33.2. The summed E-state index contributed by atoms with van der Waals surface area (Å²) in [6.45, 7) is 13.6. The van der Waals surface area contributed by atoms with Gasteiger partial charge in [-0.25, -0.2) is 13.4 Å². The molecular formula is C41H52F3N5O8S. The lowest BCUT2D eigenvalue weighted by Crippen LogP contribution is -2.59. The number of nitrogens with one attached hydrogen (secondary N) is 3. The van der Waals surface area contributed by atoms with Gasteiger partial charge in [-0.15, -0.1) is 12.3 Å². The predicted molar refractivity (Wildman–Crippen MR) is 208 cm³/mol. The van der Waals surface area contributed by atoms with E-state index in [0.717, 1.165) is 0 Å². The number of aryl methyl sites for hydroxylation is 1. The van der Waals surface area contributed by atoms with Crippen LogP contribution >= 0.6 is 0 Å². The van der Waals surface area contributed by atoms with Gasteiger partial charge in [0.1, 0.15) is 17.2 Å². The van der Waals surface area contributed by atoms with Crippen LogP contribution in [0.5, 0.6) is 5.75 Å². The third kappa shape index (κ3) is 8.83. The number of aliphatic hydroxyl groups excluding tert-OH is 1. The summed E-state index contributed by atoms with van der Waals surface area (Å²) in [5, 5.41) is 16.9. The molecule has 4 N–H and O–H groups in total. The lowest BCUT2D eigenvalue weighted by molar-refractivity contribution is -0.188. The monoisotopic (exact) mass is 831 g/mol. The van der Waals surface area contributed by atoms with Crippen molar-refractivity contribution in [1.82, 2.24) is 25.2 Å². The molecule has 2 aliphatic carbocycles. The van der Waals surface area contributed by atoms with Gasteiger partial charge >= 0.3 is 6.18 Å². The number of alkyl halides is 3. The van der Waals surface area contributed by atoms with Crippen LogP contribution in [0.4, 0.5) is 13.2 Å². The molecule has 4 aliphatic rings. The number of ether oxygens (including phenoxy) is 2. The fraction of sp³-hybridized carbons (Fsp3) is 0.585. The molecule has 6 atom stereocenters. The number of carbonyl (C=O) groups is 3. The number of nitrogens with zero attached hydrogens (tertiary/aromatic N) is 2. The molecule has 0 radical (unpaired) electrons. The summed E-state index contributed by atoms with van der Waals surface area (Å²) in [5.41, 5.74) is -2.12. The quantitative estimate of drug-likeness (QED) is 0.0834. The first kappa shape index (κ1) is 43.3. The van der Waals surface area contributed by atoms with Crippen LogP contribution in [-0.4, -0.2) is 87.7 Å². The molecule has 1 saturated heterocycles. The Morgan fingerprint density at radius 2 is 1.86 bits per heavy atom. The molecule has 1 unspecified atom stereocenters. The summed E-state index contributed by atoms with van der Waals surface area (Å²) in [5.74, 6) is -3.56. The number of sulfonamides is 1. The molecule has 0 bridgehead atoms. The molecule has 2 aromatic rings. The van der Waals surface area contributed by atoms with E-state index in [4.69, 9.17) is 9.47 Å². The minimum atomic E-state index is -4.90. The smallest absolute Gasteiger partial charge is 0.437 e. The van der Waals surface area contributed by atoms with Gasteiger partial charge in [0, 0.05) is 23.3 Å². The van der Waals surface area contributed by atoms with Gasteiger partial charge in [0.15, 0.2) is 11.4 Å². The van der Waals surface area contributed by atoms with Crippen molar-refractivity contribution in [3.8, 4) is 5.75 Å². The Morgan fingerprint density at radius 1 is 1.16 bits per heavy atom. The minimum Gasteiger partial charge on any atom is -0.483 e. The highest BCUT2D eigenvalue weighted by Gasteiger charge is 2.64. The number of benzene rings is 1. The number of carbonyl (C=O) groups excluding carboxylic acids is 3. The summed E-state index contributed by atoms with van der Waals surface area (Å²) in [6.07, 6.45) is -0.723. The molecule has 2 aliphatic heterocycles. The lowest BCUT2D eigenvalue weighted by atomic mass is 9.87. The second-order valence-corrected chi connectivity index (χ2v) is 19.3. The van der Waals surface area contributed by atoms with Crippen LogP contribution in [0, 0.1) is 5.92 Å². The van der Waals surface area contributed by atoms with Crippen molar-refractivity contribution in [1.29, 1.82) is 0 Å². The van der Waals surface area contributed by atoms with Gasteiger partial charge in [-0.1, -0.05) is 37.3 Å². The first-order chi connectivity index (χ1) is 27.1. The number of likely N-dealkylation sites (tertiary alicyclic amines) is 1. The molecule has 6 rings (SSSR count). The van der Waals surface area contributed by atoms with Crippen LogP contribution in [-0.2, 0) is 41.7 Å². The first-order valence-corrected chi connectivity index (χ1v) is 21.0. The third-order valence-corrected chi connectivity index (χ3v) is 13.7. The highest BCUT2D eigenvalue weighted by atomic mass is 32.2. The first-order valence-electron chi connectivity index (χ1n) is 19.5. The van der Waals surface area contributed by atoms with Gasteiger partial charge in [-0.3, -0.25) is 24.4 Å². The summed E-state index contributed by atoms with van der Waals surface area (Å²) in [4.78, 5) is 48.2. The number of amides is 3. The number of hydrogen-bond donors (Lipinski definition) is 4. The SMILES string of the molecule is C=C=CCCCC[C@H](NC(O)OC(C)(C)C)C(=O)N1C[C@@]2(CCc3c(c(C(F)(F)F)nc4ccccc34)O2)C[C@H]1C(=O)N[C@]1(C(=O)NS(=O)(=O)C2(C)CC2)C[C@H]1C=C. The van der Waals surface area contributed by atoms with Crippen LogP contribution < -0.4 is 20.1 Å².